The van der Waals surface area contributed by atoms with Crippen molar-refractivity contribution < 1.29 is 0 Å². The Morgan fingerprint density at radius 2 is 1.81 bits per heavy atom. The number of hydrogen-bond donors (Lipinski definition) is 1. The minimum Gasteiger partial charge on any atom is -0.329 e. The molecule has 2 N–H and O–H groups in total. The summed E-state index contributed by atoms with van der Waals surface area (Å²) in [6, 6.07) is 0. The summed E-state index contributed by atoms with van der Waals surface area (Å²) < 4.78 is 2.21. The van der Waals surface area contributed by atoms with Crippen molar-refractivity contribution in [3.8, 4) is 0 Å². The Morgan fingerprint density at radius 3 is 2.48 bits per heavy atom. The van der Waals surface area contributed by atoms with Crippen molar-refractivity contribution in [2.45, 2.75) is 50.7 Å². The zero-order valence-corrected chi connectivity index (χ0v) is 12.6. The van der Waals surface area contributed by atoms with Crippen molar-refractivity contribution >= 4 is 0 Å². The van der Waals surface area contributed by atoms with Crippen molar-refractivity contribution in [2.75, 3.05) is 13.1 Å². The van der Waals surface area contributed by atoms with Crippen molar-refractivity contribution in [1.82, 2.24) is 19.7 Å². The van der Waals surface area contributed by atoms with Crippen molar-refractivity contribution in [3.63, 3.8) is 0 Å². The lowest BCUT2D eigenvalue weighted by molar-refractivity contribution is -0.139. The van der Waals surface area contributed by atoms with Gasteiger partial charge in [-0.3, -0.25) is 4.90 Å². The molecule has 1 aromatic rings. The number of fused-ring (bicyclic) bond motifs is 1. The summed E-state index contributed by atoms with van der Waals surface area (Å²) in [5.74, 6) is 4.78. The molecule has 0 unspecified atom stereocenters. The van der Waals surface area contributed by atoms with Gasteiger partial charge in [-0.15, -0.1) is 10.2 Å². The molecule has 2 heterocycles. The predicted molar refractivity (Wildman–Crippen MR) is 79.3 cm³/mol. The van der Waals surface area contributed by atoms with E-state index in [1.165, 1.54) is 32.1 Å². The lowest BCUT2D eigenvalue weighted by Crippen LogP contribution is -2.70. The summed E-state index contributed by atoms with van der Waals surface area (Å²) in [5, 5.41) is 8.39. The number of nitrogens with two attached hydrogens (primary N) is 1. The van der Waals surface area contributed by atoms with Crippen LogP contribution in [0.2, 0.25) is 0 Å². The number of aromatic nitrogens is 3. The second kappa shape index (κ2) is 4.29. The maximum Gasteiger partial charge on any atom is 0.147 e. The molecule has 1 aromatic heterocycles. The van der Waals surface area contributed by atoms with E-state index >= 15 is 0 Å². The van der Waals surface area contributed by atoms with Gasteiger partial charge in [0.05, 0.1) is 6.54 Å². The molecule has 21 heavy (non-hydrogen) atoms. The Morgan fingerprint density at radius 1 is 1.10 bits per heavy atom. The fraction of sp³-hybridized carbons (Fsp3) is 0.875. The molecule has 4 aliphatic carbocycles. The minimum absolute atomic E-state index is 0.255. The van der Waals surface area contributed by atoms with Crippen LogP contribution >= 0.6 is 0 Å². The monoisotopic (exact) mass is 287 g/mol. The molecule has 4 saturated carbocycles. The van der Waals surface area contributed by atoms with Crippen LogP contribution < -0.4 is 5.73 Å². The minimum atomic E-state index is 0.255. The van der Waals surface area contributed by atoms with Gasteiger partial charge < -0.3 is 10.3 Å². The first-order chi connectivity index (χ1) is 10.3. The molecular formula is C16H25N5. The third kappa shape index (κ3) is 1.59. The van der Waals surface area contributed by atoms with Crippen LogP contribution in [0, 0.1) is 23.7 Å². The zero-order valence-electron chi connectivity index (χ0n) is 12.6. The van der Waals surface area contributed by atoms with Crippen molar-refractivity contribution in [1.29, 1.82) is 0 Å². The highest BCUT2D eigenvalue weighted by atomic mass is 15.3. The van der Waals surface area contributed by atoms with Gasteiger partial charge in [0.1, 0.15) is 12.2 Å². The molecule has 0 atom stereocenters. The quantitative estimate of drug-likeness (QED) is 0.889. The fourth-order valence-electron chi connectivity index (χ4n) is 6.40. The van der Waals surface area contributed by atoms with Crippen LogP contribution in [0.3, 0.4) is 0 Å². The molecule has 5 heteroatoms. The van der Waals surface area contributed by atoms with E-state index in [-0.39, 0.29) is 5.54 Å². The van der Waals surface area contributed by atoms with Crippen LogP contribution in [0.15, 0.2) is 6.33 Å². The third-order valence-corrected chi connectivity index (χ3v) is 7.11. The molecule has 5 nitrogen and oxygen atoms in total. The van der Waals surface area contributed by atoms with Gasteiger partial charge in [-0.1, -0.05) is 0 Å². The Hall–Kier alpha value is -0.940. The summed E-state index contributed by atoms with van der Waals surface area (Å²) in [4.78, 5) is 2.70. The smallest absolute Gasteiger partial charge is 0.147 e. The standard InChI is InChI=1S/C16H25N5/c17-9-16(21-2-1-20-10-18-19-15(20)8-21)13-4-11-3-12(6-13)7-14(16)5-11/h10-14H,1-9,17H2. The van der Waals surface area contributed by atoms with Crippen molar-refractivity contribution in [2.24, 2.45) is 29.4 Å². The number of hydrogen-bond acceptors (Lipinski definition) is 4. The Balaban J connectivity index is 1.51. The molecule has 4 bridgehead atoms. The van der Waals surface area contributed by atoms with Crippen LogP contribution in [0.5, 0.6) is 0 Å². The van der Waals surface area contributed by atoms with Gasteiger partial charge in [0, 0.05) is 25.2 Å². The topological polar surface area (TPSA) is 60.0 Å². The second-order valence-corrected chi connectivity index (χ2v) is 7.86. The van der Waals surface area contributed by atoms with Crippen molar-refractivity contribution in [3.05, 3.63) is 12.2 Å². The van der Waals surface area contributed by atoms with Crippen LogP contribution in [0.25, 0.3) is 0 Å². The summed E-state index contributed by atoms with van der Waals surface area (Å²) in [6.07, 6.45) is 9.07. The highest BCUT2D eigenvalue weighted by molar-refractivity contribution is 5.13. The van der Waals surface area contributed by atoms with E-state index in [4.69, 9.17) is 5.73 Å². The summed E-state index contributed by atoms with van der Waals surface area (Å²) in [6.45, 7) is 3.91. The van der Waals surface area contributed by atoms with E-state index in [0.29, 0.717) is 0 Å². The summed E-state index contributed by atoms with van der Waals surface area (Å²) in [7, 11) is 0. The van der Waals surface area contributed by atoms with E-state index in [0.717, 1.165) is 55.7 Å². The Bertz CT molecular complexity index is 523. The molecule has 0 radical (unpaired) electrons. The van der Waals surface area contributed by atoms with E-state index in [1.54, 1.807) is 0 Å². The molecule has 1 aliphatic heterocycles. The molecule has 4 fully saturated rings. The second-order valence-electron chi connectivity index (χ2n) is 7.86. The molecule has 5 aliphatic rings. The van der Waals surface area contributed by atoms with Crippen LogP contribution in [-0.2, 0) is 13.1 Å². The number of nitrogens with zero attached hydrogens (tertiary/aromatic N) is 4. The highest BCUT2D eigenvalue weighted by Crippen LogP contribution is 2.60. The van der Waals surface area contributed by atoms with Gasteiger partial charge in [0.15, 0.2) is 0 Å². The lowest BCUT2D eigenvalue weighted by Gasteiger charge is -2.65. The first kappa shape index (κ1) is 12.6. The first-order valence-electron chi connectivity index (χ1n) is 8.61. The molecule has 6 rings (SSSR count). The SMILES string of the molecule is NCC1(N2CCn3cnnc3C2)C2CC3CC(C2)CC1C3. The van der Waals surface area contributed by atoms with Crippen LogP contribution in [0.1, 0.15) is 37.9 Å². The average molecular weight is 287 g/mol. The Labute approximate surface area is 125 Å². The van der Waals surface area contributed by atoms with E-state index in [2.05, 4.69) is 19.7 Å². The highest BCUT2D eigenvalue weighted by Gasteiger charge is 2.59. The summed E-state index contributed by atoms with van der Waals surface area (Å²) >= 11 is 0. The van der Waals surface area contributed by atoms with E-state index in [9.17, 15) is 0 Å². The van der Waals surface area contributed by atoms with Gasteiger partial charge in [0.25, 0.3) is 0 Å². The molecule has 0 saturated heterocycles. The van der Waals surface area contributed by atoms with Gasteiger partial charge in [-0.05, 0) is 55.8 Å². The fourth-order valence-corrected chi connectivity index (χ4v) is 6.40. The molecule has 0 aromatic carbocycles. The molecule has 0 amide bonds. The maximum atomic E-state index is 6.43. The predicted octanol–water partition coefficient (Wildman–Crippen LogP) is 1.25. The largest absolute Gasteiger partial charge is 0.329 e. The summed E-state index contributed by atoms with van der Waals surface area (Å²) in [5.41, 5.74) is 6.68. The van der Waals surface area contributed by atoms with Crippen LogP contribution in [0.4, 0.5) is 0 Å². The average Bonchev–Trinajstić information content (AvgIpc) is 2.95. The maximum absolute atomic E-state index is 6.43. The lowest BCUT2D eigenvalue weighted by atomic mass is 9.48. The van der Waals surface area contributed by atoms with Gasteiger partial charge in [0.2, 0.25) is 0 Å². The van der Waals surface area contributed by atoms with Gasteiger partial charge in [-0.2, -0.15) is 0 Å². The third-order valence-electron chi connectivity index (χ3n) is 7.11. The Kier molecular flexibility index (Phi) is 2.57. The van der Waals surface area contributed by atoms with Crippen LogP contribution in [-0.4, -0.2) is 38.3 Å². The van der Waals surface area contributed by atoms with Gasteiger partial charge in [-0.25, -0.2) is 0 Å². The normalized spacial score (nSPS) is 45.0. The molecule has 114 valence electrons. The van der Waals surface area contributed by atoms with E-state index < -0.39 is 0 Å². The van der Waals surface area contributed by atoms with Gasteiger partial charge >= 0.3 is 0 Å². The zero-order chi connectivity index (χ0) is 14.0. The molecule has 0 spiro atoms. The first-order valence-corrected chi connectivity index (χ1v) is 8.61. The van der Waals surface area contributed by atoms with E-state index in [1.807, 2.05) is 6.33 Å². The molecular weight excluding hydrogens is 262 g/mol. The number of rotatable bonds is 2.